The fraction of sp³-hybridized carbons (Fsp3) is 0.286. The van der Waals surface area contributed by atoms with Gasteiger partial charge in [-0.3, -0.25) is 0 Å². The molecule has 3 nitrogen and oxygen atoms in total. The van der Waals surface area contributed by atoms with E-state index in [0.717, 1.165) is 18.4 Å². The molecule has 0 bridgehead atoms. The van der Waals surface area contributed by atoms with Crippen LogP contribution in [-0.4, -0.2) is 18.8 Å². The van der Waals surface area contributed by atoms with E-state index in [1.807, 2.05) is 16.8 Å². The van der Waals surface area contributed by atoms with Crippen LogP contribution in [0.4, 0.5) is 4.39 Å². The fourth-order valence-corrected chi connectivity index (χ4v) is 4.52. The summed E-state index contributed by atoms with van der Waals surface area (Å²) >= 11 is 1.53. The molecule has 1 aliphatic rings. The van der Waals surface area contributed by atoms with Crippen LogP contribution in [-0.2, 0) is 16.6 Å². The van der Waals surface area contributed by atoms with E-state index < -0.39 is 15.8 Å². The third-order valence-electron chi connectivity index (χ3n) is 3.30. The first kappa shape index (κ1) is 13.7. The van der Waals surface area contributed by atoms with E-state index in [1.165, 1.54) is 33.8 Å². The molecule has 1 heterocycles. The smallest absolute Gasteiger partial charge is 0.207 e. The van der Waals surface area contributed by atoms with Gasteiger partial charge in [0.1, 0.15) is 10.7 Å². The average Bonchev–Trinajstić information content (AvgIpc) is 3.12. The first-order valence-corrected chi connectivity index (χ1v) is 8.75. The molecule has 0 amide bonds. The second kappa shape index (κ2) is 5.27. The van der Waals surface area contributed by atoms with Gasteiger partial charge in [-0.15, -0.1) is 0 Å². The van der Waals surface area contributed by atoms with Crippen molar-refractivity contribution in [3.05, 3.63) is 52.5 Å². The monoisotopic (exact) mass is 311 g/mol. The number of hydrogen-bond acceptors (Lipinski definition) is 3. The zero-order valence-electron chi connectivity index (χ0n) is 10.7. The largest absolute Gasteiger partial charge is 0.246 e. The van der Waals surface area contributed by atoms with Crippen LogP contribution >= 0.6 is 11.3 Å². The highest BCUT2D eigenvalue weighted by molar-refractivity contribution is 7.89. The summed E-state index contributed by atoms with van der Waals surface area (Å²) in [5.41, 5.74) is 0.946. The van der Waals surface area contributed by atoms with Crippen LogP contribution in [0.2, 0.25) is 0 Å². The van der Waals surface area contributed by atoms with E-state index >= 15 is 0 Å². The van der Waals surface area contributed by atoms with Crippen LogP contribution in [0.1, 0.15) is 18.4 Å². The lowest BCUT2D eigenvalue weighted by Gasteiger charge is -2.21. The van der Waals surface area contributed by atoms with Crippen LogP contribution in [0.3, 0.4) is 0 Å². The number of benzene rings is 1. The minimum Gasteiger partial charge on any atom is -0.207 e. The van der Waals surface area contributed by atoms with Gasteiger partial charge in [-0.2, -0.15) is 15.6 Å². The fourth-order valence-electron chi connectivity index (χ4n) is 2.12. The Morgan fingerprint density at radius 2 is 2.00 bits per heavy atom. The molecule has 0 aliphatic heterocycles. The first-order chi connectivity index (χ1) is 9.59. The van der Waals surface area contributed by atoms with Crippen molar-refractivity contribution in [2.75, 3.05) is 0 Å². The van der Waals surface area contributed by atoms with Gasteiger partial charge >= 0.3 is 0 Å². The van der Waals surface area contributed by atoms with Crippen LogP contribution in [0, 0.1) is 5.82 Å². The summed E-state index contributed by atoms with van der Waals surface area (Å²) in [5, 5.41) is 3.84. The third kappa shape index (κ3) is 2.63. The number of thiophene rings is 1. The van der Waals surface area contributed by atoms with Crippen molar-refractivity contribution in [1.29, 1.82) is 0 Å². The van der Waals surface area contributed by atoms with Crippen molar-refractivity contribution in [1.82, 2.24) is 4.31 Å². The van der Waals surface area contributed by atoms with Crippen LogP contribution in [0.5, 0.6) is 0 Å². The van der Waals surface area contributed by atoms with Gasteiger partial charge < -0.3 is 0 Å². The summed E-state index contributed by atoms with van der Waals surface area (Å²) < 4.78 is 40.5. The zero-order chi connectivity index (χ0) is 14.2. The molecule has 3 rings (SSSR count). The Balaban J connectivity index is 1.96. The van der Waals surface area contributed by atoms with Crippen molar-refractivity contribution in [3.8, 4) is 0 Å². The number of sulfonamides is 1. The van der Waals surface area contributed by atoms with E-state index in [0.29, 0.717) is 6.54 Å². The minimum absolute atomic E-state index is 0.000457. The maximum absolute atomic E-state index is 13.8. The van der Waals surface area contributed by atoms with E-state index in [2.05, 4.69) is 0 Å². The lowest BCUT2D eigenvalue weighted by molar-refractivity contribution is 0.396. The number of hydrogen-bond donors (Lipinski definition) is 0. The van der Waals surface area contributed by atoms with E-state index in [-0.39, 0.29) is 10.9 Å². The van der Waals surface area contributed by atoms with Crippen LogP contribution < -0.4 is 0 Å². The average molecular weight is 311 g/mol. The summed E-state index contributed by atoms with van der Waals surface area (Å²) in [4.78, 5) is -0.234. The maximum atomic E-state index is 13.8. The van der Waals surface area contributed by atoms with Crippen molar-refractivity contribution in [2.24, 2.45) is 0 Å². The Kier molecular flexibility index (Phi) is 3.62. The van der Waals surface area contributed by atoms with Crippen molar-refractivity contribution >= 4 is 21.4 Å². The topological polar surface area (TPSA) is 37.4 Å². The van der Waals surface area contributed by atoms with Gasteiger partial charge in [0.05, 0.1) is 0 Å². The molecule has 1 fully saturated rings. The lowest BCUT2D eigenvalue weighted by Crippen LogP contribution is -2.33. The molecule has 2 aromatic rings. The number of nitrogens with zero attached hydrogens (tertiary/aromatic N) is 1. The van der Waals surface area contributed by atoms with Crippen molar-refractivity contribution < 1.29 is 12.8 Å². The summed E-state index contributed by atoms with van der Waals surface area (Å²) in [6.07, 6.45) is 1.69. The second-order valence-electron chi connectivity index (χ2n) is 4.84. The molecule has 0 unspecified atom stereocenters. The molecule has 0 saturated heterocycles. The van der Waals surface area contributed by atoms with Crippen molar-refractivity contribution in [3.63, 3.8) is 0 Å². The van der Waals surface area contributed by atoms with Gasteiger partial charge in [0.15, 0.2) is 0 Å². The van der Waals surface area contributed by atoms with Crippen LogP contribution in [0.15, 0.2) is 46.0 Å². The molecular formula is C14H14FNO2S2. The predicted molar refractivity (Wildman–Crippen MR) is 76.5 cm³/mol. The predicted octanol–water partition coefficient (Wildman–Crippen LogP) is 3.24. The van der Waals surface area contributed by atoms with Gasteiger partial charge in [-0.1, -0.05) is 12.1 Å². The van der Waals surface area contributed by atoms with Gasteiger partial charge in [0.25, 0.3) is 0 Å². The highest BCUT2D eigenvalue weighted by Gasteiger charge is 2.39. The molecule has 1 aromatic heterocycles. The molecule has 1 saturated carbocycles. The van der Waals surface area contributed by atoms with E-state index in [9.17, 15) is 12.8 Å². The second-order valence-corrected chi connectivity index (χ2v) is 7.48. The van der Waals surface area contributed by atoms with Gasteiger partial charge in [-0.25, -0.2) is 12.8 Å². The number of rotatable bonds is 5. The highest BCUT2D eigenvalue weighted by atomic mass is 32.2. The normalized spacial score (nSPS) is 15.7. The quantitative estimate of drug-likeness (QED) is 0.850. The van der Waals surface area contributed by atoms with Gasteiger partial charge in [0, 0.05) is 12.6 Å². The van der Waals surface area contributed by atoms with Crippen LogP contribution in [0.25, 0.3) is 0 Å². The Labute approximate surface area is 121 Å². The summed E-state index contributed by atoms with van der Waals surface area (Å²) in [7, 11) is -3.78. The third-order valence-corrected chi connectivity index (χ3v) is 5.96. The number of halogens is 1. The van der Waals surface area contributed by atoms with Gasteiger partial charge in [0.2, 0.25) is 10.0 Å². The first-order valence-electron chi connectivity index (χ1n) is 6.36. The molecule has 106 valence electrons. The minimum atomic E-state index is -3.78. The Morgan fingerprint density at radius 3 is 2.60 bits per heavy atom. The molecule has 1 aromatic carbocycles. The maximum Gasteiger partial charge on any atom is 0.246 e. The lowest BCUT2D eigenvalue weighted by atomic mass is 10.3. The molecule has 0 spiro atoms. The SMILES string of the molecule is O=S(=O)(c1ccccc1F)N(Cc1ccsc1)C1CC1. The summed E-state index contributed by atoms with van der Waals surface area (Å²) in [5.74, 6) is -0.691. The molecule has 6 heteroatoms. The summed E-state index contributed by atoms with van der Waals surface area (Å²) in [6.45, 7) is 0.310. The molecule has 20 heavy (non-hydrogen) atoms. The Hall–Kier alpha value is -1.24. The highest BCUT2D eigenvalue weighted by Crippen LogP contribution is 2.34. The standard InChI is InChI=1S/C14H14FNO2S2/c15-13-3-1-2-4-14(13)20(17,18)16(12-5-6-12)9-11-7-8-19-10-11/h1-4,7-8,10,12H,5-6,9H2. The molecular weight excluding hydrogens is 297 g/mol. The Morgan fingerprint density at radius 1 is 1.25 bits per heavy atom. The summed E-state index contributed by atoms with van der Waals surface area (Å²) in [6, 6.07) is 7.45. The van der Waals surface area contributed by atoms with E-state index in [1.54, 1.807) is 6.07 Å². The molecule has 0 atom stereocenters. The molecule has 0 radical (unpaired) electrons. The molecule has 1 aliphatic carbocycles. The molecule has 0 N–H and O–H groups in total. The van der Waals surface area contributed by atoms with Gasteiger partial charge in [-0.05, 0) is 47.4 Å². The zero-order valence-corrected chi connectivity index (χ0v) is 12.3. The van der Waals surface area contributed by atoms with E-state index in [4.69, 9.17) is 0 Å². The Bertz CT molecular complexity index is 694. The van der Waals surface area contributed by atoms with Crippen molar-refractivity contribution in [2.45, 2.75) is 30.3 Å².